The maximum Gasteiger partial charge on any atom is 0.219 e. The second-order valence-electron chi connectivity index (χ2n) is 6.09. The maximum atomic E-state index is 14.4. The average molecular weight is 378 g/mol. The van der Waals surface area contributed by atoms with Crippen molar-refractivity contribution in [1.82, 2.24) is 20.1 Å². The molecule has 0 unspecified atom stereocenters. The second-order valence-corrected chi connectivity index (χ2v) is 7.07. The molecule has 1 amide bonds. The van der Waals surface area contributed by atoms with Crippen LogP contribution in [0.25, 0.3) is 5.69 Å². The van der Waals surface area contributed by atoms with E-state index in [0.29, 0.717) is 36.1 Å². The van der Waals surface area contributed by atoms with Crippen LogP contribution in [0.4, 0.5) is 4.39 Å². The van der Waals surface area contributed by atoms with E-state index >= 15 is 0 Å². The van der Waals surface area contributed by atoms with E-state index < -0.39 is 0 Å². The van der Waals surface area contributed by atoms with Crippen molar-refractivity contribution in [3.63, 3.8) is 0 Å². The van der Waals surface area contributed by atoms with E-state index in [2.05, 4.69) is 15.5 Å². The smallest absolute Gasteiger partial charge is 0.219 e. The molecule has 26 heavy (non-hydrogen) atoms. The number of ether oxygens (including phenoxy) is 1. The molecule has 1 atom stereocenters. The van der Waals surface area contributed by atoms with Crippen LogP contribution in [0.5, 0.6) is 0 Å². The first-order valence-corrected chi connectivity index (χ1v) is 9.88. The van der Waals surface area contributed by atoms with Crippen LogP contribution in [0, 0.1) is 5.82 Å². The Kier molecular flexibility index (Phi) is 6.62. The van der Waals surface area contributed by atoms with E-state index in [-0.39, 0.29) is 17.8 Å². The van der Waals surface area contributed by atoms with Crippen LogP contribution in [0.2, 0.25) is 0 Å². The Morgan fingerprint density at radius 1 is 1.42 bits per heavy atom. The van der Waals surface area contributed by atoms with Crippen molar-refractivity contribution in [3.8, 4) is 5.69 Å². The average Bonchev–Trinajstić information content (AvgIpc) is 3.30. The molecule has 0 aliphatic carbocycles. The zero-order valence-electron chi connectivity index (χ0n) is 14.8. The predicted octanol–water partition coefficient (Wildman–Crippen LogP) is 2.75. The molecule has 1 aromatic heterocycles. The molecule has 1 aromatic carbocycles. The highest BCUT2D eigenvalue weighted by molar-refractivity contribution is 7.99. The third-order valence-corrected chi connectivity index (χ3v) is 5.27. The van der Waals surface area contributed by atoms with Crippen LogP contribution in [-0.4, -0.2) is 45.7 Å². The molecule has 1 N–H and O–H groups in total. The van der Waals surface area contributed by atoms with Gasteiger partial charge in [0.15, 0.2) is 5.16 Å². The fraction of sp³-hybridized carbons (Fsp3) is 0.500. The van der Waals surface area contributed by atoms with Crippen LogP contribution in [0.15, 0.2) is 29.4 Å². The molecule has 8 heteroatoms. The van der Waals surface area contributed by atoms with Crippen molar-refractivity contribution in [3.05, 3.63) is 35.9 Å². The molecule has 0 saturated carbocycles. The van der Waals surface area contributed by atoms with Gasteiger partial charge in [-0.05, 0) is 25.0 Å². The van der Waals surface area contributed by atoms with Gasteiger partial charge in [0.25, 0.3) is 0 Å². The number of carbonyl (C=O) groups is 1. The summed E-state index contributed by atoms with van der Waals surface area (Å²) in [5.74, 6) is 1.04. The number of nitrogens with one attached hydrogen (secondary N) is 1. The fourth-order valence-electron chi connectivity index (χ4n) is 2.81. The lowest BCUT2D eigenvalue weighted by Crippen LogP contribution is -2.25. The number of benzene rings is 1. The highest BCUT2D eigenvalue weighted by Crippen LogP contribution is 2.27. The largest absolute Gasteiger partial charge is 0.377 e. The zero-order valence-corrected chi connectivity index (χ0v) is 15.6. The zero-order chi connectivity index (χ0) is 18.4. The second kappa shape index (κ2) is 9.14. The van der Waals surface area contributed by atoms with Gasteiger partial charge in [-0.25, -0.2) is 4.39 Å². The number of carbonyl (C=O) groups excluding carboxylic acids is 1. The first kappa shape index (κ1) is 18.8. The van der Waals surface area contributed by atoms with Crippen LogP contribution >= 0.6 is 11.8 Å². The summed E-state index contributed by atoms with van der Waals surface area (Å²) in [6.07, 6.45) is 3.23. The van der Waals surface area contributed by atoms with Crippen molar-refractivity contribution in [2.24, 2.45) is 0 Å². The van der Waals surface area contributed by atoms with Gasteiger partial charge in [0.2, 0.25) is 5.91 Å². The van der Waals surface area contributed by atoms with E-state index in [4.69, 9.17) is 4.74 Å². The fourth-order valence-corrected chi connectivity index (χ4v) is 3.84. The number of rotatable bonds is 8. The van der Waals surface area contributed by atoms with Gasteiger partial charge in [0, 0.05) is 31.7 Å². The molecule has 6 nitrogen and oxygen atoms in total. The summed E-state index contributed by atoms with van der Waals surface area (Å²) in [5.41, 5.74) is 0.421. The number of aromatic nitrogens is 3. The number of thioether (sulfide) groups is 1. The molecule has 2 aromatic rings. The quantitative estimate of drug-likeness (QED) is 0.716. The van der Waals surface area contributed by atoms with Gasteiger partial charge >= 0.3 is 0 Å². The Morgan fingerprint density at radius 3 is 3.00 bits per heavy atom. The van der Waals surface area contributed by atoms with Crippen LogP contribution in [0.3, 0.4) is 0 Å². The first-order valence-electron chi connectivity index (χ1n) is 8.89. The van der Waals surface area contributed by atoms with Gasteiger partial charge < -0.3 is 10.1 Å². The van der Waals surface area contributed by atoms with Gasteiger partial charge in [-0.3, -0.25) is 9.36 Å². The van der Waals surface area contributed by atoms with Crippen molar-refractivity contribution in [2.45, 2.75) is 43.9 Å². The number of hydrogen-bond donors (Lipinski definition) is 1. The minimum absolute atomic E-state index is 0.0186. The minimum atomic E-state index is -0.329. The third kappa shape index (κ3) is 4.62. The highest BCUT2D eigenvalue weighted by Gasteiger charge is 2.21. The molecule has 1 aliphatic rings. The topological polar surface area (TPSA) is 69.0 Å². The number of hydrogen-bond acceptors (Lipinski definition) is 5. The van der Waals surface area contributed by atoms with Crippen molar-refractivity contribution >= 4 is 17.7 Å². The van der Waals surface area contributed by atoms with Crippen molar-refractivity contribution in [1.29, 1.82) is 0 Å². The van der Waals surface area contributed by atoms with E-state index in [1.165, 1.54) is 17.8 Å². The first-order chi connectivity index (χ1) is 12.7. The van der Waals surface area contributed by atoms with Crippen molar-refractivity contribution in [2.75, 3.05) is 18.9 Å². The summed E-state index contributed by atoms with van der Waals surface area (Å²) in [7, 11) is 0. The van der Waals surface area contributed by atoms with E-state index in [9.17, 15) is 9.18 Å². The SMILES string of the molecule is CCC(=O)NCCc1nnc(SC[C@@H]2CCCO2)n1-c1ccccc1F. The van der Waals surface area contributed by atoms with Crippen LogP contribution in [0.1, 0.15) is 32.0 Å². The molecule has 140 valence electrons. The molecule has 3 rings (SSSR count). The highest BCUT2D eigenvalue weighted by atomic mass is 32.2. The molecule has 0 spiro atoms. The number of nitrogens with zero attached hydrogens (tertiary/aromatic N) is 3. The Morgan fingerprint density at radius 2 is 2.27 bits per heavy atom. The number of halogens is 1. The van der Waals surface area contributed by atoms with Gasteiger partial charge in [0.1, 0.15) is 11.6 Å². The van der Waals surface area contributed by atoms with Crippen LogP contribution < -0.4 is 5.32 Å². The summed E-state index contributed by atoms with van der Waals surface area (Å²) in [4.78, 5) is 11.4. The summed E-state index contributed by atoms with van der Waals surface area (Å²) >= 11 is 1.52. The number of amides is 1. The molecular formula is C18H23FN4O2S. The van der Waals surface area contributed by atoms with Gasteiger partial charge in [-0.15, -0.1) is 10.2 Å². The summed E-state index contributed by atoms with van der Waals surface area (Å²) < 4.78 is 21.8. The number of para-hydroxylation sites is 1. The molecular weight excluding hydrogens is 355 g/mol. The lowest BCUT2D eigenvalue weighted by atomic mass is 10.3. The Hall–Kier alpha value is -1.93. The molecule has 1 saturated heterocycles. The summed E-state index contributed by atoms with van der Waals surface area (Å²) in [6.45, 7) is 3.04. The Labute approximate surface area is 156 Å². The third-order valence-electron chi connectivity index (χ3n) is 4.21. The molecule has 0 radical (unpaired) electrons. The molecule has 0 bridgehead atoms. The predicted molar refractivity (Wildman–Crippen MR) is 98.0 cm³/mol. The van der Waals surface area contributed by atoms with Crippen LogP contribution in [-0.2, 0) is 16.0 Å². The molecule has 1 aliphatic heterocycles. The van der Waals surface area contributed by atoms with E-state index in [1.54, 1.807) is 29.7 Å². The van der Waals surface area contributed by atoms with E-state index in [1.807, 2.05) is 0 Å². The lowest BCUT2D eigenvalue weighted by Gasteiger charge is -2.13. The lowest BCUT2D eigenvalue weighted by molar-refractivity contribution is -0.120. The van der Waals surface area contributed by atoms with Gasteiger partial charge in [-0.1, -0.05) is 30.8 Å². The minimum Gasteiger partial charge on any atom is -0.377 e. The maximum absolute atomic E-state index is 14.4. The Balaban J connectivity index is 1.79. The van der Waals surface area contributed by atoms with Crippen molar-refractivity contribution < 1.29 is 13.9 Å². The molecule has 2 heterocycles. The normalized spacial score (nSPS) is 16.8. The van der Waals surface area contributed by atoms with Gasteiger partial charge in [-0.2, -0.15) is 0 Å². The molecule has 1 fully saturated rings. The van der Waals surface area contributed by atoms with E-state index in [0.717, 1.165) is 25.2 Å². The standard InChI is InChI=1S/C18H23FN4O2S/c1-2-17(24)20-10-9-16-21-22-18(26-12-13-6-5-11-25-13)23(16)15-8-4-3-7-14(15)19/h3-4,7-8,13H,2,5-6,9-12H2,1H3,(H,20,24)/t13-/m0/s1. The summed E-state index contributed by atoms with van der Waals surface area (Å²) in [5, 5.41) is 11.9. The monoisotopic (exact) mass is 378 g/mol. The van der Waals surface area contributed by atoms with Gasteiger partial charge in [0.05, 0.1) is 11.8 Å². The summed E-state index contributed by atoms with van der Waals surface area (Å²) in [6, 6.07) is 6.58. The Bertz CT molecular complexity index is 747.